The number of hydrogen-bond donors (Lipinski definition) is 3. The number of anilines is 1. The van der Waals surface area contributed by atoms with E-state index in [-0.39, 0.29) is 30.7 Å². The highest BCUT2D eigenvalue weighted by molar-refractivity contribution is 6.03. The molecule has 2 amide bonds. The smallest absolute Gasteiger partial charge is 0.290 e. The molecule has 3 rings (SSSR count). The van der Waals surface area contributed by atoms with Crippen molar-refractivity contribution in [1.82, 2.24) is 9.88 Å². The van der Waals surface area contributed by atoms with Gasteiger partial charge in [0.05, 0.1) is 12.0 Å². The van der Waals surface area contributed by atoms with Gasteiger partial charge >= 0.3 is 0 Å². The van der Waals surface area contributed by atoms with Crippen LogP contribution in [0.4, 0.5) is 5.69 Å². The van der Waals surface area contributed by atoms with E-state index in [2.05, 4.69) is 15.3 Å². The summed E-state index contributed by atoms with van der Waals surface area (Å²) in [5.41, 5.74) is 6.83. The van der Waals surface area contributed by atoms with Gasteiger partial charge in [-0.3, -0.25) is 24.3 Å². The van der Waals surface area contributed by atoms with Crippen LogP contribution < -0.4 is 11.1 Å². The molecule has 9 nitrogen and oxygen atoms in total. The van der Waals surface area contributed by atoms with Gasteiger partial charge in [0.2, 0.25) is 5.91 Å². The van der Waals surface area contributed by atoms with Crippen LogP contribution in [0.25, 0.3) is 0 Å². The van der Waals surface area contributed by atoms with Crippen LogP contribution in [0.15, 0.2) is 53.7 Å². The fourth-order valence-corrected chi connectivity index (χ4v) is 2.70. The SMILES string of the molecule is CN1C(=O)C[C@@](C)(c2cccc(NC(=O)c3ccccn3)c2)N=C1N.O=CO. The van der Waals surface area contributed by atoms with Crippen molar-refractivity contribution in [2.24, 2.45) is 10.7 Å². The van der Waals surface area contributed by atoms with Gasteiger partial charge in [0.15, 0.2) is 5.96 Å². The summed E-state index contributed by atoms with van der Waals surface area (Å²) in [5, 5.41) is 9.70. The Bertz CT molecular complexity index is 900. The predicted molar refractivity (Wildman–Crippen MR) is 104 cm³/mol. The van der Waals surface area contributed by atoms with Crippen LogP contribution in [0.3, 0.4) is 0 Å². The third kappa shape index (κ3) is 4.70. The lowest BCUT2D eigenvalue weighted by molar-refractivity contribution is -0.128. The number of nitrogens with one attached hydrogen (secondary N) is 1. The Balaban J connectivity index is 0.000000878. The second-order valence-electron chi connectivity index (χ2n) is 6.23. The average Bonchev–Trinajstić information content (AvgIpc) is 2.67. The Labute approximate surface area is 161 Å². The van der Waals surface area contributed by atoms with Crippen LogP contribution in [0, 0.1) is 0 Å². The van der Waals surface area contributed by atoms with Gasteiger partial charge in [-0.05, 0) is 36.8 Å². The van der Waals surface area contributed by atoms with Crippen molar-refractivity contribution in [2.75, 3.05) is 12.4 Å². The van der Waals surface area contributed by atoms with Gasteiger partial charge in [-0.1, -0.05) is 18.2 Å². The molecule has 2 aromatic rings. The molecule has 0 aliphatic carbocycles. The summed E-state index contributed by atoms with van der Waals surface area (Å²) < 4.78 is 0. The van der Waals surface area contributed by atoms with Crippen molar-refractivity contribution in [1.29, 1.82) is 0 Å². The van der Waals surface area contributed by atoms with Crippen LogP contribution >= 0.6 is 0 Å². The molecule has 28 heavy (non-hydrogen) atoms. The van der Waals surface area contributed by atoms with Gasteiger partial charge in [-0.25, -0.2) is 4.99 Å². The maximum atomic E-state index is 12.2. The minimum Gasteiger partial charge on any atom is -0.483 e. The van der Waals surface area contributed by atoms with Gasteiger partial charge < -0.3 is 16.2 Å². The van der Waals surface area contributed by atoms with E-state index in [0.717, 1.165) is 5.56 Å². The van der Waals surface area contributed by atoms with Gasteiger partial charge in [0, 0.05) is 18.9 Å². The Hall–Kier alpha value is -3.75. The van der Waals surface area contributed by atoms with E-state index in [4.69, 9.17) is 15.6 Å². The minimum absolute atomic E-state index is 0.0991. The number of rotatable bonds is 3. The number of nitrogens with two attached hydrogens (primary N) is 1. The van der Waals surface area contributed by atoms with Gasteiger partial charge in [-0.2, -0.15) is 0 Å². The molecule has 0 spiro atoms. The minimum atomic E-state index is -0.764. The highest BCUT2D eigenvalue weighted by Gasteiger charge is 2.36. The van der Waals surface area contributed by atoms with Crippen LogP contribution in [0.1, 0.15) is 29.4 Å². The maximum absolute atomic E-state index is 12.2. The molecule has 1 aromatic carbocycles. The van der Waals surface area contributed by atoms with E-state index in [1.54, 1.807) is 43.6 Å². The molecule has 2 heterocycles. The zero-order valence-corrected chi connectivity index (χ0v) is 15.5. The lowest BCUT2D eigenvalue weighted by Crippen LogP contribution is -2.47. The third-order valence-corrected chi connectivity index (χ3v) is 4.21. The first kappa shape index (κ1) is 20.6. The number of aromatic nitrogens is 1. The Morgan fingerprint density at radius 2 is 2.04 bits per heavy atom. The third-order valence-electron chi connectivity index (χ3n) is 4.21. The van der Waals surface area contributed by atoms with E-state index >= 15 is 0 Å². The standard InChI is InChI=1S/C18H19N5O2.CH2O2/c1-18(11-15(24)23(2)17(19)22-18)12-6-5-7-13(10-12)21-16(25)14-8-3-4-9-20-14;2-1-3/h3-10H,11H2,1-2H3,(H2,19,22)(H,21,25);1H,(H,2,3)/t18-;/m0./s1. The first-order chi connectivity index (χ1) is 13.3. The number of benzene rings is 1. The number of aliphatic imine (C=N–C) groups is 1. The molecule has 1 atom stereocenters. The Morgan fingerprint density at radius 3 is 2.64 bits per heavy atom. The lowest BCUT2D eigenvalue weighted by Gasteiger charge is -2.33. The van der Waals surface area contributed by atoms with Crippen LogP contribution in [0.5, 0.6) is 0 Å². The molecule has 4 N–H and O–H groups in total. The summed E-state index contributed by atoms with van der Waals surface area (Å²) >= 11 is 0. The van der Waals surface area contributed by atoms with E-state index in [0.29, 0.717) is 11.4 Å². The molecule has 0 bridgehead atoms. The zero-order valence-electron chi connectivity index (χ0n) is 15.5. The largest absolute Gasteiger partial charge is 0.483 e. The summed E-state index contributed by atoms with van der Waals surface area (Å²) in [5.74, 6) is -0.218. The first-order valence-electron chi connectivity index (χ1n) is 8.33. The van der Waals surface area contributed by atoms with E-state index in [1.807, 2.05) is 19.1 Å². The van der Waals surface area contributed by atoms with E-state index in [1.165, 1.54) is 4.90 Å². The zero-order chi connectivity index (χ0) is 20.7. The molecular weight excluding hydrogens is 362 g/mol. The Kier molecular flexibility index (Phi) is 6.43. The molecule has 0 radical (unpaired) electrons. The molecule has 146 valence electrons. The molecule has 0 fully saturated rings. The van der Waals surface area contributed by atoms with Crippen LogP contribution in [-0.2, 0) is 15.1 Å². The average molecular weight is 383 g/mol. The molecule has 0 unspecified atom stereocenters. The molecule has 0 saturated heterocycles. The topological polar surface area (TPSA) is 138 Å². The number of pyridine rings is 1. The fourth-order valence-electron chi connectivity index (χ4n) is 2.70. The van der Waals surface area contributed by atoms with Crippen molar-refractivity contribution < 1.29 is 19.5 Å². The second kappa shape index (κ2) is 8.76. The van der Waals surface area contributed by atoms with Gasteiger partial charge in [-0.15, -0.1) is 0 Å². The van der Waals surface area contributed by atoms with Crippen molar-refractivity contribution in [2.45, 2.75) is 18.9 Å². The summed E-state index contributed by atoms with van der Waals surface area (Å²) in [4.78, 5) is 42.6. The number of carboxylic acid groups (broad SMARTS) is 1. The molecular formula is C19H21N5O4. The van der Waals surface area contributed by atoms with Gasteiger partial charge in [0.1, 0.15) is 5.69 Å². The number of hydrogen-bond acceptors (Lipinski definition) is 6. The van der Waals surface area contributed by atoms with Crippen molar-refractivity contribution >= 4 is 29.9 Å². The number of amides is 2. The quantitative estimate of drug-likeness (QED) is 0.686. The normalized spacial score (nSPS) is 18.4. The monoisotopic (exact) mass is 383 g/mol. The second-order valence-corrected chi connectivity index (χ2v) is 6.23. The highest BCUT2D eigenvalue weighted by atomic mass is 16.3. The van der Waals surface area contributed by atoms with Crippen LogP contribution in [0.2, 0.25) is 0 Å². The van der Waals surface area contributed by atoms with Crippen LogP contribution in [-0.4, -0.2) is 46.3 Å². The van der Waals surface area contributed by atoms with Gasteiger partial charge in [0.25, 0.3) is 12.4 Å². The molecule has 9 heteroatoms. The van der Waals surface area contributed by atoms with E-state index < -0.39 is 5.54 Å². The summed E-state index contributed by atoms with van der Waals surface area (Å²) in [7, 11) is 1.60. The van der Waals surface area contributed by atoms with E-state index in [9.17, 15) is 9.59 Å². The summed E-state index contributed by atoms with van der Waals surface area (Å²) in [6.07, 6.45) is 1.77. The number of carbonyl (C=O) groups excluding carboxylic acids is 2. The predicted octanol–water partition coefficient (Wildman–Crippen LogP) is 1.43. The first-order valence-corrected chi connectivity index (χ1v) is 8.33. The molecule has 0 saturated carbocycles. The number of guanidine groups is 1. The number of carbonyl (C=O) groups is 3. The molecule has 1 aromatic heterocycles. The van der Waals surface area contributed by atoms with Crippen molar-refractivity contribution in [3.8, 4) is 0 Å². The fraction of sp³-hybridized carbons (Fsp3) is 0.211. The summed E-state index contributed by atoms with van der Waals surface area (Å²) in [6, 6.07) is 12.4. The van der Waals surface area contributed by atoms with Crippen molar-refractivity contribution in [3.63, 3.8) is 0 Å². The molecule has 1 aliphatic heterocycles. The number of nitrogens with zero attached hydrogens (tertiary/aromatic N) is 3. The highest BCUT2D eigenvalue weighted by Crippen LogP contribution is 2.34. The summed E-state index contributed by atoms with van der Waals surface area (Å²) in [6.45, 7) is 1.60. The lowest BCUT2D eigenvalue weighted by atomic mass is 9.87. The maximum Gasteiger partial charge on any atom is 0.290 e. The molecule has 1 aliphatic rings. The van der Waals surface area contributed by atoms with Crippen molar-refractivity contribution in [3.05, 3.63) is 59.9 Å². The Morgan fingerprint density at radius 1 is 1.32 bits per heavy atom.